The van der Waals surface area contributed by atoms with Crippen molar-refractivity contribution >= 4 is 5.97 Å². The van der Waals surface area contributed by atoms with E-state index < -0.39 is 0 Å². The minimum absolute atomic E-state index is 0.0915. The van der Waals surface area contributed by atoms with Gasteiger partial charge in [0.2, 0.25) is 0 Å². The SMILES string of the molecule is CC[C@H]1[C@@H](O)[C@@H]2[C@H](CC[C@]3(C)[C@@H]([C@H](C)CCC(=O)OC)CC[C@@H]23)[C@@]2(C)CC[C@H](CO)C[C@@H]12. The fourth-order valence-electron chi connectivity index (χ4n) is 9.85. The average molecular weight is 449 g/mol. The first-order chi connectivity index (χ1) is 15.2. The van der Waals surface area contributed by atoms with E-state index in [0.717, 1.165) is 25.7 Å². The summed E-state index contributed by atoms with van der Waals surface area (Å²) in [6.07, 6.45) is 10.7. The molecule has 0 aromatic heterocycles. The van der Waals surface area contributed by atoms with Crippen LogP contribution in [0.3, 0.4) is 0 Å². The molecule has 4 rings (SSSR count). The first-order valence-electron chi connectivity index (χ1n) is 13.6. The van der Waals surface area contributed by atoms with Gasteiger partial charge in [0.25, 0.3) is 0 Å². The van der Waals surface area contributed by atoms with Gasteiger partial charge in [-0.15, -0.1) is 0 Å². The van der Waals surface area contributed by atoms with Gasteiger partial charge in [0, 0.05) is 13.0 Å². The van der Waals surface area contributed by atoms with Crippen LogP contribution in [0.4, 0.5) is 0 Å². The molecule has 4 aliphatic rings. The van der Waals surface area contributed by atoms with Gasteiger partial charge >= 0.3 is 5.97 Å². The maximum Gasteiger partial charge on any atom is 0.305 e. The number of hydrogen-bond acceptors (Lipinski definition) is 4. The molecule has 0 amide bonds. The van der Waals surface area contributed by atoms with Crippen molar-refractivity contribution in [2.75, 3.05) is 13.7 Å². The van der Waals surface area contributed by atoms with E-state index in [9.17, 15) is 15.0 Å². The van der Waals surface area contributed by atoms with E-state index in [0.29, 0.717) is 65.8 Å². The monoisotopic (exact) mass is 448 g/mol. The molecule has 0 radical (unpaired) electrons. The molecule has 0 aliphatic heterocycles. The van der Waals surface area contributed by atoms with Gasteiger partial charge in [-0.1, -0.05) is 34.1 Å². The molecule has 0 bridgehead atoms. The summed E-state index contributed by atoms with van der Waals surface area (Å²) >= 11 is 0. The van der Waals surface area contributed by atoms with E-state index >= 15 is 0 Å². The molecule has 0 unspecified atom stereocenters. The molecule has 0 aromatic rings. The van der Waals surface area contributed by atoms with Crippen molar-refractivity contribution in [1.29, 1.82) is 0 Å². The minimum atomic E-state index is -0.200. The molecule has 0 heterocycles. The van der Waals surface area contributed by atoms with Crippen LogP contribution in [0.15, 0.2) is 0 Å². The van der Waals surface area contributed by atoms with Gasteiger partial charge in [0.15, 0.2) is 0 Å². The van der Waals surface area contributed by atoms with Gasteiger partial charge in [-0.05, 0) is 110 Å². The zero-order valence-corrected chi connectivity index (χ0v) is 21.2. The van der Waals surface area contributed by atoms with E-state index in [-0.39, 0.29) is 17.5 Å². The Labute approximate surface area is 195 Å². The lowest BCUT2D eigenvalue weighted by atomic mass is 9.41. The van der Waals surface area contributed by atoms with Crippen LogP contribution < -0.4 is 0 Å². The third-order valence-electron chi connectivity index (χ3n) is 11.6. The summed E-state index contributed by atoms with van der Waals surface area (Å²) < 4.78 is 4.89. The van der Waals surface area contributed by atoms with Crippen LogP contribution in [0.5, 0.6) is 0 Å². The fraction of sp³-hybridized carbons (Fsp3) is 0.964. The van der Waals surface area contributed by atoms with Crippen molar-refractivity contribution in [3.8, 4) is 0 Å². The Hall–Kier alpha value is -0.610. The van der Waals surface area contributed by atoms with Crippen molar-refractivity contribution in [1.82, 2.24) is 0 Å². The number of hydrogen-bond donors (Lipinski definition) is 2. The second-order valence-electron chi connectivity index (χ2n) is 12.6. The van der Waals surface area contributed by atoms with Gasteiger partial charge in [-0.25, -0.2) is 0 Å². The molecule has 0 saturated heterocycles. The summed E-state index contributed by atoms with van der Waals surface area (Å²) in [5.74, 6) is 4.05. The number of esters is 1. The maximum absolute atomic E-state index is 11.8. The number of methoxy groups -OCH3 is 1. The highest BCUT2D eigenvalue weighted by Gasteiger charge is 2.64. The first-order valence-corrected chi connectivity index (χ1v) is 13.6. The summed E-state index contributed by atoms with van der Waals surface area (Å²) in [5, 5.41) is 21.7. The van der Waals surface area contributed by atoms with Crippen LogP contribution in [0.25, 0.3) is 0 Å². The maximum atomic E-state index is 11.8. The third-order valence-corrected chi connectivity index (χ3v) is 11.6. The zero-order valence-electron chi connectivity index (χ0n) is 21.2. The van der Waals surface area contributed by atoms with Gasteiger partial charge < -0.3 is 14.9 Å². The van der Waals surface area contributed by atoms with E-state index in [2.05, 4.69) is 27.7 Å². The van der Waals surface area contributed by atoms with Crippen LogP contribution in [0, 0.1) is 58.2 Å². The topological polar surface area (TPSA) is 66.8 Å². The molecule has 0 spiro atoms. The first kappa shape index (κ1) is 24.5. The van der Waals surface area contributed by atoms with Crippen LogP contribution in [0.2, 0.25) is 0 Å². The quantitative estimate of drug-likeness (QED) is 0.530. The van der Waals surface area contributed by atoms with Crippen molar-refractivity contribution in [2.24, 2.45) is 58.2 Å². The Bertz CT molecular complexity index is 678. The van der Waals surface area contributed by atoms with Crippen LogP contribution in [-0.4, -0.2) is 36.0 Å². The Morgan fingerprint density at radius 2 is 1.75 bits per heavy atom. The Morgan fingerprint density at radius 3 is 2.41 bits per heavy atom. The van der Waals surface area contributed by atoms with Crippen LogP contribution in [-0.2, 0) is 9.53 Å². The molecule has 4 saturated carbocycles. The number of carbonyl (C=O) groups is 1. The molecule has 2 N–H and O–H groups in total. The highest BCUT2D eigenvalue weighted by molar-refractivity contribution is 5.69. The average Bonchev–Trinajstić information content (AvgIpc) is 3.14. The molecule has 0 aromatic carbocycles. The van der Waals surface area contributed by atoms with Crippen molar-refractivity contribution in [3.63, 3.8) is 0 Å². The van der Waals surface area contributed by atoms with Crippen LogP contribution >= 0.6 is 0 Å². The smallest absolute Gasteiger partial charge is 0.305 e. The number of ether oxygens (including phenoxy) is 1. The lowest BCUT2D eigenvalue weighted by Gasteiger charge is -2.65. The molecule has 11 atom stereocenters. The highest BCUT2D eigenvalue weighted by atomic mass is 16.5. The molecule has 4 heteroatoms. The number of carbonyl (C=O) groups excluding carboxylic acids is 1. The molecule has 4 fully saturated rings. The minimum Gasteiger partial charge on any atom is -0.469 e. The zero-order chi connectivity index (χ0) is 23.3. The number of fused-ring (bicyclic) bond motifs is 5. The second kappa shape index (κ2) is 9.21. The number of aliphatic hydroxyl groups is 2. The number of rotatable bonds is 6. The van der Waals surface area contributed by atoms with Gasteiger partial charge in [0.1, 0.15) is 0 Å². The predicted molar refractivity (Wildman–Crippen MR) is 127 cm³/mol. The Balaban J connectivity index is 1.58. The lowest BCUT2D eigenvalue weighted by molar-refractivity contribution is -0.200. The van der Waals surface area contributed by atoms with Crippen molar-refractivity contribution in [2.45, 2.75) is 98.0 Å². The third kappa shape index (κ3) is 3.76. The Morgan fingerprint density at radius 1 is 1.06 bits per heavy atom. The lowest BCUT2D eigenvalue weighted by Crippen LogP contribution is -2.62. The van der Waals surface area contributed by atoms with Crippen molar-refractivity contribution in [3.05, 3.63) is 0 Å². The van der Waals surface area contributed by atoms with E-state index in [1.807, 2.05) is 0 Å². The standard InChI is InChI=1S/C28H48O4/c1-6-19-23-15-18(16-29)11-13-28(23,4)22-12-14-27(3)20(17(2)7-10-24(30)32-5)8-9-21(27)25(22)26(19)31/h17-23,25-26,29,31H,6-16H2,1-5H3/t17-,18+,19-,20-,21+,22+,23+,25+,26-,27-,28-/m1/s1. The van der Waals surface area contributed by atoms with E-state index in [1.165, 1.54) is 39.2 Å². The largest absolute Gasteiger partial charge is 0.469 e. The van der Waals surface area contributed by atoms with E-state index in [4.69, 9.17) is 4.74 Å². The highest BCUT2D eigenvalue weighted by Crippen LogP contribution is 2.69. The second-order valence-corrected chi connectivity index (χ2v) is 12.6. The van der Waals surface area contributed by atoms with Crippen LogP contribution in [0.1, 0.15) is 91.9 Å². The van der Waals surface area contributed by atoms with E-state index in [1.54, 1.807) is 0 Å². The molecule has 4 aliphatic carbocycles. The van der Waals surface area contributed by atoms with Gasteiger partial charge in [-0.2, -0.15) is 0 Å². The molecule has 32 heavy (non-hydrogen) atoms. The summed E-state index contributed by atoms with van der Waals surface area (Å²) in [7, 11) is 1.48. The van der Waals surface area contributed by atoms with Gasteiger partial charge in [-0.3, -0.25) is 4.79 Å². The molecule has 184 valence electrons. The fourth-order valence-corrected chi connectivity index (χ4v) is 9.85. The predicted octanol–water partition coefficient (Wildman–Crippen LogP) is 5.45. The summed E-state index contributed by atoms with van der Waals surface area (Å²) in [4.78, 5) is 11.7. The summed E-state index contributed by atoms with van der Waals surface area (Å²) in [6.45, 7) is 9.98. The molecular weight excluding hydrogens is 400 g/mol. The summed E-state index contributed by atoms with van der Waals surface area (Å²) in [5.41, 5.74) is 0.591. The van der Waals surface area contributed by atoms with Crippen molar-refractivity contribution < 1.29 is 19.7 Å². The normalized spacial score (nSPS) is 49.0. The molecule has 4 nitrogen and oxygen atoms in total. The number of aliphatic hydroxyl groups excluding tert-OH is 2. The molecular formula is C28H48O4. The van der Waals surface area contributed by atoms with Gasteiger partial charge in [0.05, 0.1) is 13.2 Å². The summed E-state index contributed by atoms with van der Waals surface area (Å²) in [6, 6.07) is 0. The Kier molecular flexibility index (Phi) is 7.05.